The first-order chi connectivity index (χ1) is 10.9. The van der Waals surface area contributed by atoms with Gasteiger partial charge in [0.25, 0.3) is 0 Å². The summed E-state index contributed by atoms with van der Waals surface area (Å²) < 4.78 is 10.2. The quantitative estimate of drug-likeness (QED) is 0.847. The Hall–Kier alpha value is -1.96. The lowest BCUT2D eigenvalue weighted by molar-refractivity contribution is -0.145. The molecule has 1 aromatic rings. The largest absolute Gasteiger partial charge is 0.481 e. The Labute approximate surface area is 134 Å². The number of hydrogen-bond acceptors (Lipinski definition) is 6. The number of carbonyl (C=O) groups excluding carboxylic acids is 1. The molecule has 1 heterocycles. The maximum atomic E-state index is 12.5. The van der Waals surface area contributed by atoms with Crippen LogP contribution in [0.5, 0.6) is 0 Å². The molecule has 0 spiro atoms. The van der Waals surface area contributed by atoms with Crippen molar-refractivity contribution >= 4 is 11.9 Å². The van der Waals surface area contributed by atoms with E-state index in [0.29, 0.717) is 24.6 Å². The Bertz CT molecular complexity index is 559. The van der Waals surface area contributed by atoms with Crippen LogP contribution >= 0.6 is 0 Å². The van der Waals surface area contributed by atoms with Crippen LogP contribution in [0.4, 0.5) is 0 Å². The molecule has 2 rings (SSSR count). The second-order valence-electron chi connectivity index (χ2n) is 6.02. The summed E-state index contributed by atoms with van der Waals surface area (Å²) in [5.41, 5.74) is 0. The Balaban J connectivity index is 1.94. The van der Waals surface area contributed by atoms with Gasteiger partial charge in [-0.25, -0.2) is 0 Å². The van der Waals surface area contributed by atoms with Crippen LogP contribution in [0.3, 0.4) is 0 Å². The number of carboxylic acid groups (broad SMARTS) is 1. The van der Waals surface area contributed by atoms with Crippen molar-refractivity contribution in [1.29, 1.82) is 0 Å². The molecule has 1 amide bonds. The Kier molecular flexibility index (Phi) is 5.70. The van der Waals surface area contributed by atoms with E-state index < -0.39 is 11.9 Å². The van der Waals surface area contributed by atoms with Gasteiger partial charge in [0, 0.05) is 20.1 Å². The highest BCUT2D eigenvalue weighted by Gasteiger charge is 2.32. The number of aliphatic carboxylic acids is 1. The first-order valence-corrected chi connectivity index (χ1v) is 7.75. The average molecular weight is 325 g/mol. The SMILES string of the molecule is COC(C)c1noc(CN(C)C(=O)C2CCCC(C(=O)O)C2)n1. The third-order valence-electron chi connectivity index (χ3n) is 4.32. The smallest absolute Gasteiger partial charge is 0.306 e. The van der Waals surface area contributed by atoms with Crippen molar-refractivity contribution in [3.05, 3.63) is 11.7 Å². The molecule has 3 unspecified atom stereocenters. The molecule has 0 bridgehead atoms. The van der Waals surface area contributed by atoms with Gasteiger partial charge in [0.1, 0.15) is 6.10 Å². The molecular weight excluding hydrogens is 302 g/mol. The average Bonchev–Trinajstić information content (AvgIpc) is 3.01. The highest BCUT2D eigenvalue weighted by molar-refractivity contribution is 5.80. The molecule has 1 aromatic heterocycles. The minimum Gasteiger partial charge on any atom is -0.481 e. The first-order valence-electron chi connectivity index (χ1n) is 7.75. The zero-order chi connectivity index (χ0) is 17.0. The minimum absolute atomic E-state index is 0.0736. The standard InChI is InChI=1S/C15H23N3O5/c1-9(22-3)13-16-12(23-17-13)8-18(2)14(19)10-5-4-6-11(7-10)15(20)21/h9-11H,4-8H2,1-3H3,(H,20,21). The lowest BCUT2D eigenvalue weighted by Crippen LogP contribution is -2.36. The predicted octanol–water partition coefficient (Wildman–Crippen LogP) is 1.63. The molecule has 1 aliphatic carbocycles. The number of methoxy groups -OCH3 is 1. The van der Waals surface area contributed by atoms with Crippen molar-refractivity contribution in [2.45, 2.75) is 45.3 Å². The molecule has 3 atom stereocenters. The summed E-state index contributed by atoms with van der Waals surface area (Å²) in [6.07, 6.45) is 2.25. The lowest BCUT2D eigenvalue weighted by Gasteiger charge is -2.28. The van der Waals surface area contributed by atoms with Gasteiger partial charge in [-0.15, -0.1) is 0 Å². The summed E-state index contributed by atoms with van der Waals surface area (Å²) in [4.78, 5) is 29.3. The number of carbonyl (C=O) groups is 2. The van der Waals surface area contributed by atoms with Gasteiger partial charge in [0.05, 0.1) is 12.5 Å². The van der Waals surface area contributed by atoms with Crippen LogP contribution in [0.25, 0.3) is 0 Å². The fraction of sp³-hybridized carbons (Fsp3) is 0.733. The molecule has 1 aliphatic rings. The van der Waals surface area contributed by atoms with Gasteiger partial charge in [-0.1, -0.05) is 11.6 Å². The minimum atomic E-state index is -0.819. The van der Waals surface area contributed by atoms with Crippen LogP contribution in [0.2, 0.25) is 0 Å². The van der Waals surface area contributed by atoms with Crippen LogP contribution in [0, 0.1) is 11.8 Å². The maximum absolute atomic E-state index is 12.5. The summed E-state index contributed by atoms with van der Waals surface area (Å²) in [5.74, 6) is -0.799. The zero-order valence-corrected chi connectivity index (χ0v) is 13.7. The topological polar surface area (TPSA) is 106 Å². The van der Waals surface area contributed by atoms with Crippen LogP contribution in [-0.2, 0) is 20.9 Å². The number of amides is 1. The number of rotatable bonds is 6. The molecule has 0 saturated heterocycles. The van der Waals surface area contributed by atoms with Crippen molar-refractivity contribution in [1.82, 2.24) is 15.0 Å². The van der Waals surface area contributed by atoms with Gasteiger partial charge < -0.3 is 19.3 Å². The maximum Gasteiger partial charge on any atom is 0.306 e. The normalized spacial score (nSPS) is 22.6. The molecule has 128 valence electrons. The fourth-order valence-electron chi connectivity index (χ4n) is 2.83. The molecule has 1 saturated carbocycles. The second kappa shape index (κ2) is 7.54. The van der Waals surface area contributed by atoms with E-state index in [1.54, 1.807) is 21.1 Å². The zero-order valence-electron chi connectivity index (χ0n) is 13.7. The lowest BCUT2D eigenvalue weighted by atomic mass is 9.81. The van der Waals surface area contributed by atoms with Crippen molar-refractivity contribution in [3.63, 3.8) is 0 Å². The van der Waals surface area contributed by atoms with Gasteiger partial charge in [-0.05, 0) is 26.2 Å². The molecule has 8 nitrogen and oxygen atoms in total. The summed E-state index contributed by atoms with van der Waals surface area (Å²) in [6.45, 7) is 2.01. The van der Waals surface area contributed by atoms with Crippen molar-refractivity contribution < 1.29 is 24.0 Å². The van der Waals surface area contributed by atoms with Gasteiger partial charge in [-0.2, -0.15) is 4.98 Å². The first kappa shape index (κ1) is 17.4. The highest BCUT2D eigenvalue weighted by atomic mass is 16.5. The predicted molar refractivity (Wildman–Crippen MR) is 79.3 cm³/mol. The van der Waals surface area contributed by atoms with E-state index in [2.05, 4.69) is 10.1 Å². The Morgan fingerprint density at radius 2 is 2.13 bits per heavy atom. The van der Waals surface area contributed by atoms with Gasteiger partial charge in [-0.3, -0.25) is 9.59 Å². The van der Waals surface area contributed by atoms with E-state index >= 15 is 0 Å². The Morgan fingerprint density at radius 3 is 2.78 bits per heavy atom. The summed E-state index contributed by atoms with van der Waals surface area (Å²) >= 11 is 0. The van der Waals surface area contributed by atoms with E-state index in [9.17, 15) is 9.59 Å². The van der Waals surface area contributed by atoms with Crippen LogP contribution in [0.15, 0.2) is 4.52 Å². The Morgan fingerprint density at radius 1 is 1.43 bits per heavy atom. The third-order valence-corrected chi connectivity index (χ3v) is 4.32. The number of aromatic nitrogens is 2. The van der Waals surface area contributed by atoms with Gasteiger partial charge in [0.2, 0.25) is 11.8 Å². The molecule has 1 N–H and O–H groups in total. The summed E-state index contributed by atoms with van der Waals surface area (Å²) in [7, 11) is 3.22. The van der Waals surface area contributed by atoms with Crippen LogP contribution in [0.1, 0.15) is 50.4 Å². The molecule has 8 heteroatoms. The van der Waals surface area contributed by atoms with E-state index in [0.717, 1.165) is 12.8 Å². The molecule has 0 aliphatic heterocycles. The number of ether oxygens (including phenoxy) is 1. The molecule has 0 radical (unpaired) electrons. The highest BCUT2D eigenvalue weighted by Crippen LogP contribution is 2.30. The number of hydrogen-bond donors (Lipinski definition) is 1. The second-order valence-corrected chi connectivity index (χ2v) is 6.02. The molecular formula is C15H23N3O5. The number of nitrogens with zero attached hydrogens (tertiary/aromatic N) is 3. The van der Waals surface area contributed by atoms with E-state index in [4.69, 9.17) is 14.4 Å². The molecule has 1 fully saturated rings. The monoisotopic (exact) mass is 325 g/mol. The van der Waals surface area contributed by atoms with Crippen molar-refractivity contribution in [3.8, 4) is 0 Å². The summed E-state index contributed by atoms with van der Waals surface area (Å²) in [6, 6.07) is 0. The van der Waals surface area contributed by atoms with Crippen molar-refractivity contribution in [2.75, 3.05) is 14.2 Å². The van der Waals surface area contributed by atoms with Crippen molar-refractivity contribution in [2.24, 2.45) is 11.8 Å². The third kappa shape index (κ3) is 4.28. The van der Waals surface area contributed by atoms with E-state index in [1.807, 2.05) is 0 Å². The van der Waals surface area contributed by atoms with E-state index in [1.165, 1.54) is 4.90 Å². The molecule has 23 heavy (non-hydrogen) atoms. The molecule has 0 aromatic carbocycles. The van der Waals surface area contributed by atoms with Crippen LogP contribution < -0.4 is 0 Å². The van der Waals surface area contributed by atoms with Gasteiger partial charge in [0.15, 0.2) is 5.82 Å². The summed E-state index contributed by atoms with van der Waals surface area (Å²) in [5, 5.41) is 12.9. The van der Waals surface area contributed by atoms with Gasteiger partial charge >= 0.3 is 5.97 Å². The van der Waals surface area contributed by atoms with E-state index in [-0.39, 0.29) is 24.5 Å². The number of carboxylic acids is 1. The fourth-order valence-corrected chi connectivity index (χ4v) is 2.83. The van der Waals surface area contributed by atoms with Crippen LogP contribution in [-0.4, -0.2) is 46.2 Å².